The van der Waals surface area contributed by atoms with Gasteiger partial charge in [-0.15, -0.1) is 0 Å². The molecule has 0 aliphatic rings. The van der Waals surface area contributed by atoms with Gasteiger partial charge in [0.25, 0.3) is 0 Å². The number of benzene rings is 2. The van der Waals surface area contributed by atoms with Crippen LogP contribution in [0, 0.1) is 11.6 Å². The molecule has 0 unspecified atom stereocenters. The second kappa shape index (κ2) is 6.37. The van der Waals surface area contributed by atoms with Gasteiger partial charge in [0, 0.05) is 20.9 Å². The van der Waals surface area contributed by atoms with Crippen molar-refractivity contribution in [2.75, 3.05) is 6.54 Å². The highest BCUT2D eigenvalue weighted by molar-refractivity contribution is 7.99. The van der Waals surface area contributed by atoms with Gasteiger partial charge in [-0.25, -0.2) is 8.78 Å². The van der Waals surface area contributed by atoms with Crippen LogP contribution in [-0.2, 0) is 6.42 Å². The fraction of sp³-hybridized carbons (Fsp3) is 0.143. The Morgan fingerprint density at radius 2 is 1.79 bits per heavy atom. The number of nitrogens with two attached hydrogens (primary N) is 1. The van der Waals surface area contributed by atoms with Crippen LogP contribution in [0.2, 0.25) is 5.02 Å². The van der Waals surface area contributed by atoms with E-state index in [-0.39, 0.29) is 0 Å². The summed E-state index contributed by atoms with van der Waals surface area (Å²) < 4.78 is 26.5. The van der Waals surface area contributed by atoms with Gasteiger partial charge in [0.05, 0.1) is 0 Å². The zero-order valence-corrected chi connectivity index (χ0v) is 11.6. The van der Waals surface area contributed by atoms with Crippen LogP contribution < -0.4 is 5.73 Å². The third kappa shape index (κ3) is 3.69. The molecule has 19 heavy (non-hydrogen) atoms. The molecule has 2 N–H and O–H groups in total. The molecule has 0 bridgehead atoms. The average molecular weight is 300 g/mol. The van der Waals surface area contributed by atoms with Crippen LogP contribution in [0.25, 0.3) is 0 Å². The maximum Gasteiger partial charge on any atom is 0.140 e. The second-order valence-corrected chi connectivity index (χ2v) is 5.49. The Morgan fingerprint density at radius 3 is 2.47 bits per heavy atom. The zero-order valence-electron chi connectivity index (χ0n) is 10.00. The molecule has 0 atom stereocenters. The highest BCUT2D eigenvalue weighted by Crippen LogP contribution is 2.33. The van der Waals surface area contributed by atoms with Gasteiger partial charge in [0.2, 0.25) is 0 Å². The topological polar surface area (TPSA) is 26.0 Å². The van der Waals surface area contributed by atoms with E-state index in [0.29, 0.717) is 22.9 Å². The lowest BCUT2D eigenvalue weighted by molar-refractivity contribution is 0.565. The van der Waals surface area contributed by atoms with Crippen molar-refractivity contribution >= 4 is 23.4 Å². The Balaban J connectivity index is 2.32. The van der Waals surface area contributed by atoms with Crippen LogP contribution in [0.1, 0.15) is 5.56 Å². The molecule has 2 rings (SSSR count). The van der Waals surface area contributed by atoms with Crippen LogP contribution >= 0.6 is 23.4 Å². The third-order valence-electron chi connectivity index (χ3n) is 2.55. The molecule has 0 aliphatic heterocycles. The minimum Gasteiger partial charge on any atom is -0.330 e. The summed E-state index contributed by atoms with van der Waals surface area (Å²) in [7, 11) is 0. The molecular formula is C14H12ClF2NS. The van der Waals surface area contributed by atoms with Crippen molar-refractivity contribution in [3.8, 4) is 0 Å². The highest BCUT2D eigenvalue weighted by atomic mass is 35.5. The van der Waals surface area contributed by atoms with Gasteiger partial charge >= 0.3 is 0 Å². The minimum atomic E-state index is -0.583. The van der Waals surface area contributed by atoms with Crippen LogP contribution in [0.3, 0.4) is 0 Å². The lowest BCUT2D eigenvalue weighted by Crippen LogP contribution is -2.03. The Kier molecular flexibility index (Phi) is 4.80. The maximum atomic E-state index is 13.6. The molecule has 0 aliphatic carbocycles. The largest absolute Gasteiger partial charge is 0.330 e. The molecule has 2 aromatic carbocycles. The summed E-state index contributed by atoms with van der Waals surface area (Å²) in [6, 6.07) is 8.92. The van der Waals surface area contributed by atoms with Gasteiger partial charge in [-0.1, -0.05) is 23.4 Å². The fourth-order valence-corrected chi connectivity index (χ4v) is 2.83. The van der Waals surface area contributed by atoms with Crippen molar-refractivity contribution in [1.29, 1.82) is 0 Å². The van der Waals surface area contributed by atoms with Gasteiger partial charge in [-0.2, -0.15) is 0 Å². The molecule has 100 valence electrons. The van der Waals surface area contributed by atoms with Crippen molar-refractivity contribution in [1.82, 2.24) is 0 Å². The molecule has 0 radical (unpaired) electrons. The van der Waals surface area contributed by atoms with E-state index in [1.807, 2.05) is 12.1 Å². The summed E-state index contributed by atoms with van der Waals surface area (Å²) in [5, 5.41) is 0.618. The van der Waals surface area contributed by atoms with E-state index in [1.54, 1.807) is 6.07 Å². The Morgan fingerprint density at radius 1 is 1.05 bits per heavy atom. The first-order valence-corrected chi connectivity index (χ1v) is 6.91. The van der Waals surface area contributed by atoms with E-state index >= 15 is 0 Å². The molecule has 0 heterocycles. The molecule has 0 saturated carbocycles. The predicted octanol–water partition coefficient (Wildman–Crippen LogP) is 4.27. The lowest BCUT2D eigenvalue weighted by atomic mass is 10.1. The monoisotopic (exact) mass is 299 g/mol. The first-order valence-electron chi connectivity index (χ1n) is 5.71. The minimum absolute atomic E-state index is 0.377. The molecule has 0 amide bonds. The normalized spacial score (nSPS) is 10.7. The SMILES string of the molecule is NCCc1cc(Cl)ccc1Sc1ccc(F)cc1F. The maximum absolute atomic E-state index is 13.6. The smallest absolute Gasteiger partial charge is 0.140 e. The van der Waals surface area contributed by atoms with E-state index in [9.17, 15) is 8.78 Å². The van der Waals surface area contributed by atoms with Gasteiger partial charge in [-0.05, 0) is 48.9 Å². The number of rotatable bonds is 4. The summed E-state index contributed by atoms with van der Waals surface area (Å²) in [4.78, 5) is 1.25. The van der Waals surface area contributed by atoms with E-state index < -0.39 is 11.6 Å². The van der Waals surface area contributed by atoms with E-state index in [4.69, 9.17) is 17.3 Å². The van der Waals surface area contributed by atoms with Gasteiger partial charge in [-0.3, -0.25) is 0 Å². The summed E-state index contributed by atoms with van der Waals surface area (Å²) in [5.74, 6) is -1.15. The zero-order chi connectivity index (χ0) is 13.8. The summed E-state index contributed by atoms with van der Waals surface area (Å²) in [6.07, 6.45) is 0.658. The molecule has 2 aromatic rings. The van der Waals surface area contributed by atoms with Crippen molar-refractivity contribution in [3.05, 3.63) is 58.6 Å². The highest BCUT2D eigenvalue weighted by Gasteiger charge is 2.09. The summed E-state index contributed by atoms with van der Waals surface area (Å²) in [6.45, 7) is 0.486. The Bertz CT molecular complexity index is 590. The van der Waals surface area contributed by atoms with Gasteiger partial charge in [0.1, 0.15) is 11.6 Å². The molecule has 0 saturated heterocycles. The quantitative estimate of drug-likeness (QED) is 0.912. The van der Waals surface area contributed by atoms with Gasteiger partial charge in [0.15, 0.2) is 0 Å². The van der Waals surface area contributed by atoms with Crippen molar-refractivity contribution in [3.63, 3.8) is 0 Å². The first-order chi connectivity index (χ1) is 9.10. The molecule has 0 fully saturated rings. The third-order valence-corrected chi connectivity index (χ3v) is 3.95. The van der Waals surface area contributed by atoms with Crippen LogP contribution in [0.15, 0.2) is 46.2 Å². The summed E-state index contributed by atoms with van der Waals surface area (Å²) in [5.41, 5.74) is 6.51. The standard InChI is InChI=1S/C14H12ClF2NS/c15-10-1-3-13(9(7-10)5-6-18)19-14-4-2-11(16)8-12(14)17/h1-4,7-8H,5-6,18H2. The van der Waals surface area contributed by atoms with E-state index in [1.165, 1.54) is 23.9 Å². The van der Waals surface area contributed by atoms with Gasteiger partial charge < -0.3 is 5.73 Å². The van der Waals surface area contributed by atoms with E-state index in [2.05, 4.69) is 0 Å². The van der Waals surface area contributed by atoms with Crippen molar-refractivity contribution < 1.29 is 8.78 Å². The van der Waals surface area contributed by atoms with Crippen molar-refractivity contribution in [2.45, 2.75) is 16.2 Å². The van der Waals surface area contributed by atoms with Crippen LogP contribution in [-0.4, -0.2) is 6.54 Å². The Hall–Kier alpha value is -1.10. The van der Waals surface area contributed by atoms with Crippen LogP contribution in [0.4, 0.5) is 8.78 Å². The molecular weight excluding hydrogens is 288 g/mol. The second-order valence-electron chi connectivity index (χ2n) is 3.97. The summed E-state index contributed by atoms with van der Waals surface area (Å²) >= 11 is 7.18. The molecule has 0 spiro atoms. The number of hydrogen-bond donors (Lipinski definition) is 1. The number of halogens is 3. The Labute approximate surface area is 119 Å². The molecule has 0 aromatic heterocycles. The average Bonchev–Trinajstić information content (AvgIpc) is 2.36. The predicted molar refractivity (Wildman–Crippen MR) is 74.7 cm³/mol. The van der Waals surface area contributed by atoms with Crippen LogP contribution in [0.5, 0.6) is 0 Å². The molecule has 5 heteroatoms. The van der Waals surface area contributed by atoms with E-state index in [0.717, 1.165) is 16.5 Å². The lowest BCUT2D eigenvalue weighted by Gasteiger charge is -2.09. The molecule has 1 nitrogen and oxygen atoms in total. The van der Waals surface area contributed by atoms with Crippen molar-refractivity contribution in [2.24, 2.45) is 5.73 Å². The number of hydrogen-bond acceptors (Lipinski definition) is 2. The first kappa shape index (κ1) is 14.3. The fourth-order valence-electron chi connectivity index (χ4n) is 1.67.